The fourth-order valence-corrected chi connectivity index (χ4v) is 4.99. The maximum atomic E-state index is 12.6. The molecule has 10 heteroatoms. The first-order chi connectivity index (χ1) is 17.5. The molecule has 37 heavy (non-hydrogen) atoms. The highest BCUT2D eigenvalue weighted by molar-refractivity contribution is 6.36. The third kappa shape index (κ3) is 3.97. The zero-order valence-corrected chi connectivity index (χ0v) is 22.6. The Labute approximate surface area is 220 Å². The zero-order chi connectivity index (χ0) is 26.7. The molecular weight excluding hydrogens is 492 g/mol. The molecule has 0 spiro atoms. The molecule has 0 saturated heterocycles. The number of ether oxygens (including phenoxy) is 1. The van der Waals surface area contributed by atoms with Crippen molar-refractivity contribution < 1.29 is 14.6 Å². The molecule has 1 aliphatic carbocycles. The summed E-state index contributed by atoms with van der Waals surface area (Å²) >= 11 is 6.94. The number of hydrogen-bond acceptors (Lipinski definition) is 6. The van der Waals surface area contributed by atoms with Crippen molar-refractivity contribution in [3.05, 3.63) is 69.8 Å². The highest BCUT2D eigenvalue weighted by Gasteiger charge is 2.45. The summed E-state index contributed by atoms with van der Waals surface area (Å²) in [5, 5.41) is 16.5. The highest BCUT2D eigenvalue weighted by atomic mass is 35.5. The van der Waals surface area contributed by atoms with Gasteiger partial charge in [-0.25, -0.2) is 15.0 Å². The first-order valence-corrected chi connectivity index (χ1v) is 12.5. The van der Waals surface area contributed by atoms with Gasteiger partial charge in [0.1, 0.15) is 11.6 Å². The smallest absolute Gasteiger partial charge is 0.226 e. The largest absolute Gasteiger partial charge is 0.481 e. The fraction of sp³-hybridized carbons (Fsp3) is 0.407. The number of carbonyl (C=O) groups is 1. The summed E-state index contributed by atoms with van der Waals surface area (Å²) in [6, 6.07) is 5.47. The van der Waals surface area contributed by atoms with Crippen LogP contribution in [0.4, 0.5) is 0 Å². The van der Waals surface area contributed by atoms with E-state index in [9.17, 15) is 9.90 Å². The van der Waals surface area contributed by atoms with Crippen molar-refractivity contribution in [2.45, 2.75) is 45.8 Å². The van der Waals surface area contributed by atoms with Crippen LogP contribution in [0.3, 0.4) is 0 Å². The standard InChI is InChI=1S/C27H31ClN6O3/c1-15-29-13-21(33(15)4)27(36,22-14-30-16(2)34(22)5)17-7-8-20-18(11-17)23(28)19(24(32-20)37-6)12-31-25(35)26(3)9-10-26/h7-8,11,13-14,36H,9-10,12H2,1-6H3,(H,31,35). The van der Waals surface area contributed by atoms with E-state index in [1.54, 1.807) is 12.4 Å². The van der Waals surface area contributed by atoms with Gasteiger partial charge in [-0.2, -0.15) is 0 Å². The number of aliphatic hydroxyl groups is 1. The van der Waals surface area contributed by atoms with Crippen molar-refractivity contribution in [2.24, 2.45) is 19.5 Å². The van der Waals surface area contributed by atoms with Crippen LogP contribution in [-0.2, 0) is 31.0 Å². The number of benzene rings is 1. The minimum Gasteiger partial charge on any atom is -0.481 e. The molecular formula is C27H31ClN6O3. The van der Waals surface area contributed by atoms with Crippen LogP contribution in [0.5, 0.6) is 5.88 Å². The Balaban J connectivity index is 1.67. The second-order valence-electron chi connectivity index (χ2n) is 10.1. The monoisotopic (exact) mass is 522 g/mol. The summed E-state index contributed by atoms with van der Waals surface area (Å²) in [5.41, 5.74) is 1.09. The summed E-state index contributed by atoms with van der Waals surface area (Å²) in [7, 11) is 5.27. The molecule has 1 saturated carbocycles. The van der Waals surface area contributed by atoms with Crippen molar-refractivity contribution in [3.63, 3.8) is 0 Å². The molecule has 0 bridgehead atoms. The van der Waals surface area contributed by atoms with Crippen LogP contribution in [0.15, 0.2) is 30.6 Å². The van der Waals surface area contributed by atoms with Gasteiger partial charge < -0.3 is 24.3 Å². The Morgan fingerprint density at radius 2 is 1.76 bits per heavy atom. The quantitative estimate of drug-likeness (QED) is 0.383. The number of nitrogens with one attached hydrogen (secondary N) is 1. The summed E-state index contributed by atoms with van der Waals surface area (Å²) in [6.07, 6.45) is 5.11. The molecule has 3 aromatic heterocycles. The predicted octanol–water partition coefficient (Wildman–Crippen LogP) is 3.68. The maximum Gasteiger partial charge on any atom is 0.226 e. The molecule has 9 nitrogen and oxygen atoms in total. The summed E-state index contributed by atoms with van der Waals surface area (Å²) in [4.78, 5) is 26.1. The predicted molar refractivity (Wildman–Crippen MR) is 140 cm³/mol. The van der Waals surface area contributed by atoms with E-state index in [0.29, 0.717) is 44.3 Å². The topological polar surface area (TPSA) is 107 Å². The molecule has 5 rings (SSSR count). The number of hydrogen-bond donors (Lipinski definition) is 2. The second-order valence-corrected chi connectivity index (χ2v) is 10.5. The summed E-state index contributed by atoms with van der Waals surface area (Å²) < 4.78 is 9.24. The number of halogens is 1. The van der Waals surface area contributed by atoms with Crippen molar-refractivity contribution in [1.82, 2.24) is 29.4 Å². The van der Waals surface area contributed by atoms with Gasteiger partial charge in [0, 0.05) is 31.4 Å². The number of pyridine rings is 1. The number of aromatic nitrogens is 5. The number of methoxy groups -OCH3 is 1. The van der Waals surface area contributed by atoms with Crippen molar-refractivity contribution in [2.75, 3.05) is 7.11 Å². The van der Waals surface area contributed by atoms with E-state index in [1.165, 1.54) is 7.11 Å². The number of nitrogens with zero attached hydrogens (tertiary/aromatic N) is 5. The molecule has 1 fully saturated rings. The first-order valence-electron chi connectivity index (χ1n) is 12.2. The van der Waals surface area contributed by atoms with Crippen LogP contribution < -0.4 is 10.1 Å². The van der Waals surface area contributed by atoms with Crippen LogP contribution in [0.2, 0.25) is 5.02 Å². The lowest BCUT2D eigenvalue weighted by molar-refractivity contribution is -0.125. The van der Waals surface area contributed by atoms with Gasteiger partial charge in [0.2, 0.25) is 11.8 Å². The molecule has 1 aromatic carbocycles. The zero-order valence-electron chi connectivity index (χ0n) is 21.9. The average Bonchev–Trinajstić information content (AvgIpc) is 3.43. The lowest BCUT2D eigenvalue weighted by atomic mass is 9.86. The molecule has 0 unspecified atom stereocenters. The number of carbonyl (C=O) groups excluding carboxylic acids is 1. The van der Waals surface area contributed by atoms with Gasteiger partial charge in [-0.1, -0.05) is 24.6 Å². The number of imidazole rings is 2. The SMILES string of the molecule is COc1nc2ccc(C(O)(c3cnc(C)n3C)c3cnc(C)n3C)cc2c(Cl)c1CNC(=O)C1(C)CC1. The third-order valence-electron chi connectivity index (χ3n) is 7.75. The Bertz CT molecular complexity index is 1490. The summed E-state index contributed by atoms with van der Waals surface area (Å²) in [5.74, 6) is 1.87. The van der Waals surface area contributed by atoms with Gasteiger partial charge in [0.15, 0.2) is 5.60 Å². The van der Waals surface area contributed by atoms with Crippen LogP contribution in [0.1, 0.15) is 53.9 Å². The first kappa shape index (κ1) is 25.2. The fourth-order valence-electron chi connectivity index (χ4n) is 4.69. The van der Waals surface area contributed by atoms with Crippen LogP contribution in [0, 0.1) is 19.3 Å². The molecule has 1 aliphatic rings. The van der Waals surface area contributed by atoms with E-state index in [2.05, 4.69) is 20.3 Å². The molecule has 4 aromatic rings. The minimum absolute atomic E-state index is 0.00741. The Morgan fingerprint density at radius 3 is 2.24 bits per heavy atom. The highest BCUT2D eigenvalue weighted by Crippen LogP contribution is 2.45. The normalized spacial score (nSPS) is 14.7. The third-order valence-corrected chi connectivity index (χ3v) is 8.18. The van der Waals surface area contributed by atoms with Gasteiger partial charge in [-0.3, -0.25) is 4.79 Å². The van der Waals surface area contributed by atoms with Gasteiger partial charge in [0.25, 0.3) is 0 Å². The Morgan fingerprint density at radius 1 is 1.16 bits per heavy atom. The molecule has 0 atom stereocenters. The van der Waals surface area contributed by atoms with Crippen LogP contribution in [-0.4, -0.2) is 42.2 Å². The molecule has 2 N–H and O–H groups in total. The maximum absolute atomic E-state index is 12.6. The Kier molecular flexibility index (Phi) is 6.03. The second kappa shape index (κ2) is 8.85. The van der Waals surface area contributed by atoms with Crippen molar-refractivity contribution >= 4 is 28.4 Å². The molecule has 0 radical (unpaired) electrons. The molecule has 3 heterocycles. The van der Waals surface area contributed by atoms with E-state index in [4.69, 9.17) is 16.3 Å². The van der Waals surface area contributed by atoms with Gasteiger partial charge in [0.05, 0.1) is 47.0 Å². The average molecular weight is 523 g/mol. The van der Waals surface area contributed by atoms with E-state index < -0.39 is 5.60 Å². The summed E-state index contributed by atoms with van der Waals surface area (Å²) in [6.45, 7) is 5.91. The molecule has 0 aliphatic heterocycles. The minimum atomic E-state index is -1.57. The van der Waals surface area contributed by atoms with Crippen molar-refractivity contribution in [1.29, 1.82) is 0 Å². The van der Waals surface area contributed by atoms with Gasteiger partial charge in [-0.05, 0) is 44.4 Å². The van der Waals surface area contributed by atoms with E-state index in [1.807, 2.05) is 62.2 Å². The molecule has 194 valence electrons. The number of fused-ring (bicyclic) bond motifs is 1. The van der Waals surface area contributed by atoms with Crippen LogP contribution in [0.25, 0.3) is 10.9 Å². The van der Waals surface area contributed by atoms with E-state index >= 15 is 0 Å². The van der Waals surface area contributed by atoms with E-state index in [-0.39, 0.29) is 17.9 Å². The molecule has 1 amide bonds. The van der Waals surface area contributed by atoms with E-state index in [0.717, 1.165) is 24.5 Å². The Hall–Kier alpha value is -3.43. The number of amides is 1. The van der Waals surface area contributed by atoms with Gasteiger partial charge >= 0.3 is 0 Å². The van der Waals surface area contributed by atoms with Crippen LogP contribution >= 0.6 is 11.6 Å². The number of aryl methyl sites for hydroxylation is 2. The lowest BCUT2D eigenvalue weighted by Gasteiger charge is -2.30. The van der Waals surface area contributed by atoms with Crippen molar-refractivity contribution in [3.8, 4) is 5.88 Å². The van der Waals surface area contributed by atoms with Gasteiger partial charge in [-0.15, -0.1) is 0 Å². The lowest BCUT2D eigenvalue weighted by Crippen LogP contribution is -2.33. The number of rotatable bonds is 7.